The highest BCUT2D eigenvalue weighted by atomic mass is 16.5. The summed E-state index contributed by atoms with van der Waals surface area (Å²) in [6.45, 7) is 2.69. The summed E-state index contributed by atoms with van der Waals surface area (Å²) < 4.78 is 6.99. The predicted molar refractivity (Wildman–Crippen MR) is 107 cm³/mol. The molecule has 0 fully saturated rings. The minimum absolute atomic E-state index is 0.535. The van der Waals surface area contributed by atoms with E-state index < -0.39 is 0 Å². The average molecular weight is 367 g/mol. The molecule has 3 rings (SSSR count). The normalized spacial score (nSPS) is 11.6. The molecule has 0 unspecified atom stereocenters. The van der Waals surface area contributed by atoms with Crippen molar-refractivity contribution in [2.75, 3.05) is 32.6 Å². The van der Waals surface area contributed by atoms with Crippen molar-refractivity contribution in [1.29, 1.82) is 0 Å². The van der Waals surface area contributed by atoms with Gasteiger partial charge in [-0.25, -0.2) is 0 Å². The summed E-state index contributed by atoms with van der Waals surface area (Å²) in [6, 6.07) is 14.1. The SMILES string of the molecule is CN=C(NCc1ccc(NCCOC)cc1)NCc1nnc2ccccn12. The van der Waals surface area contributed by atoms with Gasteiger partial charge in [-0.15, -0.1) is 10.2 Å². The third kappa shape index (κ3) is 5.18. The van der Waals surface area contributed by atoms with Crippen LogP contribution in [-0.4, -0.2) is 47.9 Å². The van der Waals surface area contributed by atoms with Crippen LogP contribution in [-0.2, 0) is 17.8 Å². The van der Waals surface area contributed by atoms with Gasteiger partial charge in [-0.1, -0.05) is 18.2 Å². The molecule has 2 heterocycles. The Morgan fingerprint density at radius 1 is 1.07 bits per heavy atom. The van der Waals surface area contributed by atoms with Gasteiger partial charge in [-0.05, 0) is 29.8 Å². The van der Waals surface area contributed by atoms with E-state index >= 15 is 0 Å². The molecule has 0 amide bonds. The predicted octanol–water partition coefficient (Wildman–Crippen LogP) is 1.65. The summed E-state index contributed by atoms with van der Waals surface area (Å²) in [5.74, 6) is 1.55. The Kier molecular flexibility index (Phi) is 6.59. The van der Waals surface area contributed by atoms with Gasteiger partial charge in [0, 0.05) is 39.1 Å². The maximum Gasteiger partial charge on any atom is 0.191 e. The highest BCUT2D eigenvalue weighted by molar-refractivity contribution is 5.79. The lowest BCUT2D eigenvalue weighted by Gasteiger charge is -2.12. The van der Waals surface area contributed by atoms with Gasteiger partial charge >= 0.3 is 0 Å². The fourth-order valence-electron chi connectivity index (χ4n) is 2.62. The number of anilines is 1. The number of nitrogens with one attached hydrogen (secondary N) is 3. The minimum atomic E-state index is 0.535. The molecular formula is C19H25N7O. The Labute approximate surface area is 158 Å². The van der Waals surface area contributed by atoms with E-state index in [0.29, 0.717) is 25.7 Å². The first-order valence-electron chi connectivity index (χ1n) is 8.85. The molecule has 142 valence electrons. The molecule has 8 nitrogen and oxygen atoms in total. The number of hydrogen-bond acceptors (Lipinski definition) is 5. The van der Waals surface area contributed by atoms with Crippen LogP contribution in [0.5, 0.6) is 0 Å². The number of aromatic nitrogens is 3. The van der Waals surface area contributed by atoms with Crippen LogP contribution in [0.15, 0.2) is 53.7 Å². The Hall–Kier alpha value is -3.13. The maximum absolute atomic E-state index is 5.04. The van der Waals surface area contributed by atoms with E-state index in [4.69, 9.17) is 4.74 Å². The van der Waals surface area contributed by atoms with Crippen molar-refractivity contribution in [2.45, 2.75) is 13.1 Å². The number of rotatable bonds is 8. The van der Waals surface area contributed by atoms with Gasteiger partial charge in [0.25, 0.3) is 0 Å². The Bertz CT molecular complexity index is 873. The largest absolute Gasteiger partial charge is 0.383 e. The molecule has 1 aromatic carbocycles. The zero-order valence-electron chi connectivity index (χ0n) is 15.6. The smallest absolute Gasteiger partial charge is 0.191 e. The van der Waals surface area contributed by atoms with Crippen LogP contribution in [0.25, 0.3) is 5.65 Å². The molecule has 0 saturated carbocycles. The van der Waals surface area contributed by atoms with Gasteiger partial charge in [0.1, 0.15) is 0 Å². The van der Waals surface area contributed by atoms with E-state index in [2.05, 4.69) is 55.4 Å². The second kappa shape index (κ2) is 9.54. The molecule has 0 aliphatic heterocycles. The molecule has 2 aromatic heterocycles. The first-order valence-corrected chi connectivity index (χ1v) is 8.85. The van der Waals surface area contributed by atoms with Crippen molar-refractivity contribution >= 4 is 17.3 Å². The van der Waals surface area contributed by atoms with Crippen LogP contribution in [0.2, 0.25) is 0 Å². The highest BCUT2D eigenvalue weighted by Crippen LogP contribution is 2.09. The van der Waals surface area contributed by atoms with Gasteiger partial charge in [0.05, 0.1) is 13.2 Å². The van der Waals surface area contributed by atoms with Gasteiger partial charge in [0.2, 0.25) is 0 Å². The number of nitrogens with zero attached hydrogens (tertiary/aromatic N) is 4. The standard InChI is InChI=1S/C19H25N7O/c1-20-19(23-14-18-25-24-17-5-3-4-11-26(17)18)22-13-15-6-8-16(9-7-15)21-10-12-27-2/h3-9,11,21H,10,12-14H2,1-2H3,(H2,20,22,23). The minimum Gasteiger partial charge on any atom is -0.383 e. The number of pyridine rings is 1. The van der Waals surface area contributed by atoms with Crippen LogP contribution in [0, 0.1) is 0 Å². The van der Waals surface area contributed by atoms with E-state index in [1.54, 1.807) is 14.2 Å². The molecule has 3 aromatic rings. The van der Waals surface area contributed by atoms with E-state index in [9.17, 15) is 0 Å². The average Bonchev–Trinajstić information content (AvgIpc) is 3.13. The number of methoxy groups -OCH3 is 1. The number of benzene rings is 1. The topological polar surface area (TPSA) is 87.9 Å². The lowest BCUT2D eigenvalue weighted by atomic mass is 10.2. The monoisotopic (exact) mass is 367 g/mol. The number of hydrogen-bond donors (Lipinski definition) is 3. The van der Waals surface area contributed by atoms with Crippen LogP contribution in [0.4, 0.5) is 5.69 Å². The Balaban J connectivity index is 1.49. The van der Waals surface area contributed by atoms with Crippen LogP contribution >= 0.6 is 0 Å². The Morgan fingerprint density at radius 2 is 1.89 bits per heavy atom. The number of aliphatic imine (C=N–C) groups is 1. The third-order valence-electron chi connectivity index (χ3n) is 4.07. The molecule has 0 aliphatic carbocycles. The van der Waals surface area contributed by atoms with Crippen LogP contribution in [0.3, 0.4) is 0 Å². The molecule has 0 bridgehead atoms. The van der Waals surface area contributed by atoms with Gasteiger partial charge in [-0.2, -0.15) is 0 Å². The fourth-order valence-corrected chi connectivity index (χ4v) is 2.62. The lowest BCUT2D eigenvalue weighted by molar-refractivity contribution is 0.211. The van der Waals surface area contributed by atoms with E-state index in [1.165, 1.54) is 5.56 Å². The lowest BCUT2D eigenvalue weighted by Crippen LogP contribution is -2.36. The van der Waals surface area contributed by atoms with Crippen LogP contribution in [0.1, 0.15) is 11.4 Å². The molecule has 0 atom stereocenters. The summed E-state index contributed by atoms with van der Waals surface area (Å²) in [7, 11) is 3.45. The van der Waals surface area contributed by atoms with Crippen LogP contribution < -0.4 is 16.0 Å². The fraction of sp³-hybridized carbons (Fsp3) is 0.316. The van der Waals surface area contributed by atoms with Gasteiger partial charge in [0.15, 0.2) is 17.4 Å². The molecule has 0 radical (unpaired) electrons. The van der Waals surface area contributed by atoms with Gasteiger partial charge < -0.3 is 20.7 Å². The maximum atomic E-state index is 5.04. The van der Waals surface area contributed by atoms with Crippen molar-refractivity contribution in [3.8, 4) is 0 Å². The molecule has 3 N–H and O–H groups in total. The summed E-state index contributed by atoms with van der Waals surface area (Å²) >= 11 is 0. The highest BCUT2D eigenvalue weighted by Gasteiger charge is 2.05. The summed E-state index contributed by atoms with van der Waals surface area (Å²) in [4.78, 5) is 4.26. The Morgan fingerprint density at radius 3 is 2.67 bits per heavy atom. The van der Waals surface area contributed by atoms with Crippen molar-refractivity contribution in [3.05, 3.63) is 60.0 Å². The molecule has 8 heteroatoms. The molecule has 27 heavy (non-hydrogen) atoms. The second-order valence-corrected chi connectivity index (χ2v) is 5.94. The number of ether oxygens (including phenoxy) is 1. The van der Waals surface area contributed by atoms with E-state index in [-0.39, 0.29) is 0 Å². The summed E-state index contributed by atoms with van der Waals surface area (Å²) in [5.41, 5.74) is 3.08. The van der Waals surface area contributed by atoms with Crippen molar-refractivity contribution in [3.63, 3.8) is 0 Å². The molecule has 0 spiro atoms. The van der Waals surface area contributed by atoms with E-state index in [0.717, 1.165) is 23.7 Å². The first kappa shape index (κ1) is 18.7. The zero-order valence-corrected chi connectivity index (χ0v) is 15.6. The number of guanidine groups is 1. The molecular weight excluding hydrogens is 342 g/mol. The van der Waals surface area contributed by atoms with Gasteiger partial charge in [-0.3, -0.25) is 9.39 Å². The summed E-state index contributed by atoms with van der Waals surface area (Å²) in [6.07, 6.45) is 1.95. The molecule has 0 saturated heterocycles. The second-order valence-electron chi connectivity index (χ2n) is 5.94. The van der Waals surface area contributed by atoms with E-state index in [1.807, 2.05) is 28.8 Å². The summed E-state index contributed by atoms with van der Waals surface area (Å²) in [5, 5.41) is 18.2. The third-order valence-corrected chi connectivity index (χ3v) is 4.07. The van der Waals surface area contributed by atoms with Crippen molar-refractivity contribution in [1.82, 2.24) is 25.2 Å². The van der Waals surface area contributed by atoms with Crippen molar-refractivity contribution in [2.24, 2.45) is 4.99 Å². The van der Waals surface area contributed by atoms with Crippen molar-refractivity contribution < 1.29 is 4.74 Å². The molecule has 0 aliphatic rings. The zero-order chi connectivity index (χ0) is 18.9. The quantitative estimate of drug-likeness (QED) is 0.319. The number of fused-ring (bicyclic) bond motifs is 1. The first-order chi connectivity index (χ1) is 13.3.